The van der Waals surface area contributed by atoms with E-state index in [1.807, 2.05) is 0 Å². The number of nitrogens with zero attached hydrogens (tertiary/aromatic N) is 3. The highest BCUT2D eigenvalue weighted by Crippen LogP contribution is 2.37. The number of carbonyl (C=O) groups is 2. The van der Waals surface area contributed by atoms with Crippen LogP contribution in [0.3, 0.4) is 0 Å². The van der Waals surface area contributed by atoms with Crippen LogP contribution in [0.1, 0.15) is 12.8 Å². The minimum Gasteiger partial charge on any atom is -0.465 e. The van der Waals surface area contributed by atoms with Crippen molar-refractivity contribution in [2.45, 2.75) is 19.4 Å². The van der Waals surface area contributed by atoms with Gasteiger partial charge < -0.3 is 24.6 Å². The number of carbonyl (C=O) groups excluding carboxylic acids is 1. The van der Waals surface area contributed by atoms with E-state index >= 15 is 4.39 Å². The summed E-state index contributed by atoms with van der Waals surface area (Å²) in [6.45, 7) is 2.92. The van der Waals surface area contributed by atoms with Gasteiger partial charge in [0, 0.05) is 18.5 Å². The van der Waals surface area contributed by atoms with Crippen molar-refractivity contribution in [3.05, 3.63) is 52.9 Å². The van der Waals surface area contributed by atoms with E-state index in [-0.39, 0.29) is 58.9 Å². The fraction of sp³-hybridized carbons (Fsp3) is 0.273. The molecule has 2 amide bonds. The Bertz CT molecular complexity index is 1280. The summed E-state index contributed by atoms with van der Waals surface area (Å²) < 4.78 is 40.1. The van der Waals surface area contributed by atoms with E-state index in [0.717, 1.165) is 17.0 Å². The second kappa shape index (κ2) is 8.99. The number of aromatic nitrogens is 2. The Hall–Kier alpha value is -3.57. The minimum atomic E-state index is -1.49. The molecule has 1 fully saturated rings. The smallest absolute Gasteiger partial charge is 0.405 e. The number of rotatable bonds is 6. The van der Waals surface area contributed by atoms with E-state index in [9.17, 15) is 14.0 Å². The van der Waals surface area contributed by atoms with Crippen molar-refractivity contribution in [3.8, 4) is 22.5 Å². The average molecular weight is 493 g/mol. The molecule has 2 N–H and O–H groups in total. The highest BCUT2D eigenvalue weighted by Gasteiger charge is 2.50. The van der Waals surface area contributed by atoms with Gasteiger partial charge in [0.15, 0.2) is 5.54 Å². The fourth-order valence-corrected chi connectivity index (χ4v) is 3.97. The van der Waals surface area contributed by atoms with Gasteiger partial charge in [-0.05, 0) is 42.3 Å². The van der Waals surface area contributed by atoms with Gasteiger partial charge in [0.25, 0.3) is 5.91 Å². The van der Waals surface area contributed by atoms with Crippen LogP contribution in [0.15, 0.2) is 34.9 Å². The Morgan fingerprint density at radius 3 is 2.50 bits per heavy atom. The molecule has 1 aliphatic rings. The van der Waals surface area contributed by atoms with Crippen LogP contribution in [-0.2, 0) is 9.53 Å². The third-order valence-corrected chi connectivity index (χ3v) is 5.59. The topological polar surface area (TPSA) is 118 Å². The predicted octanol–water partition coefficient (Wildman–Crippen LogP) is 4.03. The van der Waals surface area contributed by atoms with Crippen molar-refractivity contribution in [2.75, 3.05) is 24.7 Å². The molecule has 12 heteroatoms. The highest BCUT2D eigenvalue weighted by atomic mass is 35.5. The molecule has 1 aliphatic heterocycles. The van der Waals surface area contributed by atoms with Crippen LogP contribution in [0.4, 0.5) is 19.3 Å². The molecular weight excluding hydrogens is 474 g/mol. The van der Waals surface area contributed by atoms with Crippen molar-refractivity contribution in [1.29, 1.82) is 0 Å². The number of halogens is 3. The summed E-state index contributed by atoms with van der Waals surface area (Å²) in [5, 5.41) is 15.1. The molecule has 34 heavy (non-hydrogen) atoms. The van der Waals surface area contributed by atoms with Gasteiger partial charge in [-0.3, -0.25) is 4.79 Å². The first-order valence-corrected chi connectivity index (χ1v) is 10.5. The number of carboxylic acid groups (broad SMARTS) is 1. The number of hydrogen-bond donors (Lipinski definition) is 2. The molecular formula is C22H19ClF2N4O5. The molecule has 2 heterocycles. The predicted molar refractivity (Wildman–Crippen MR) is 118 cm³/mol. The first-order valence-electron chi connectivity index (χ1n) is 10.2. The number of ether oxygens (including phenoxy) is 1. The quantitative estimate of drug-likeness (QED) is 0.533. The number of aryl methyl sites for hydroxylation is 1. The number of anilines is 1. The van der Waals surface area contributed by atoms with Crippen molar-refractivity contribution in [2.24, 2.45) is 0 Å². The fourth-order valence-electron chi connectivity index (χ4n) is 3.76. The van der Waals surface area contributed by atoms with E-state index in [1.165, 1.54) is 18.2 Å². The third-order valence-electron chi connectivity index (χ3n) is 5.37. The molecule has 0 aliphatic carbocycles. The maximum atomic E-state index is 15.3. The van der Waals surface area contributed by atoms with Crippen LogP contribution in [0.2, 0.25) is 5.02 Å². The zero-order valence-corrected chi connectivity index (χ0v) is 18.8. The molecule has 0 saturated carbocycles. The first-order chi connectivity index (χ1) is 16.1. The van der Waals surface area contributed by atoms with Gasteiger partial charge in [-0.1, -0.05) is 22.8 Å². The summed E-state index contributed by atoms with van der Waals surface area (Å²) in [4.78, 5) is 29.5. The molecule has 4 rings (SSSR count). The van der Waals surface area contributed by atoms with E-state index in [0.29, 0.717) is 0 Å². The van der Waals surface area contributed by atoms with Crippen LogP contribution in [0.5, 0.6) is 0 Å². The summed E-state index contributed by atoms with van der Waals surface area (Å²) in [7, 11) is 0. The van der Waals surface area contributed by atoms with Gasteiger partial charge in [-0.15, -0.1) is 0 Å². The van der Waals surface area contributed by atoms with E-state index in [2.05, 4.69) is 15.5 Å². The molecule has 0 bridgehead atoms. The Labute approximate surface area is 197 Å². The van der Waals surface area contributed by atoms with Crippen molar-refractivity contribution < 1.29 is 32.7 Å². The monoisotopic (exact) mass is 492 g/mol. The number of nitrogens with one attached hydrogen (secondary N) is 1. The summed E-state index contributed by atoms with van der Waals surface area (Å²) in [6, 6.07) is 6.50. The Balaban J connectivity index is 1.75. The van der Waals surface area contributed by atoms with Gasteiger partial charge in [-0.2, -0.15) is 4.98 Å². The Morgan fingerprint density at radius 2 is 1.97 bits per heavy atom. The lowest BCUT2D eigenvalue weighted by atomic mass is 9.94. The largest absolute Gasteiger partial charge is 0.465 e. The average Bonchev–Trinajstić information content (AvgIpc) is 3.17. The molecule has 2 aromatic carbocycles. The maximum Gasteiger partial charge on any atom is 0.405 e. The van der Waals surface area contributed by atoms with Crippen LogP contribution in [0.25, 0.3) is 22.5 Å². The Kier molecular flexibility index (Phi) is 6.24. The van der Waals surface area contributed by atoms with Crippen LogP contribution in [0, 0.1) is 18.6 Å². The van der Waals surface area contributed by atoms with Gasteiger partial charge in [0.05, 0.1) is 24.5 Å². The molecule has 0 atom stereocenters. The Morgan fingerprint density at radius 1 is 1.24 bits per heavy atom. The zero-order chi connectivity index (χ0) is 24.6. The van der Waals surface area contributed by atoms with Crippen molar-refractivity contribution in [3.63, 3.8) is 0 Å². The maximum absolute atomic E-state index is 15.3. The van der Waals surface area contributed by atoms with E-state index < -0.39 is 29.2 Å². The lowest BCUT2D eigenvalue weighted by molar-refractivity contribution is -0.144. The van der Waals surface area contributed by atoms with Crippen LogP contribution in [-0.4, -0.2) is 52.5 Å². The number of benzene rings is 2. The summed E-state index contributed by atoms with van der Waals surface area (Å²) in [5.74, 6) is -1.95. The summed E-state index contributed by atoms with van der Waals surface area (Å²) in [5.41, 5.74) is -1.11. The highest BCUT2D eigenvalue weighted by molar-refractivity contribution is 6.31. The van der Waals surface area contributed by atoms with Gasteiger partial charge in [0.1, 0.15) is 11.6 Å². The van der Waals surface area contributed by atoms with Crippen LogP contribution < -0.4 is 10.2 Å². The molecule has 1 aromatic heterocycles. The zero-order valence-electron chi connectivity index (χ0n) is 18.1. The number of likely N-dealkylation sites (N-methyl/N-ethyl adjacent to an activating group) is 1. The number of amides is 2. The van der Waals surface area contributed by atoms with Gasteiger partial charge in [0.2, 0.25) is 11.7 Å². The third kappa shape index (κ3) is 4.19. The lowest BCUT2D eigenvalue weighted by Crippen LogP contribution is -2.70. The molecule has 0 unspecified atom stereocenters. The van der Waals surface area contributed by atoms with Crippen molar-refractivity contribution >= 4 is 29.3 Å². The SMILES string of the molecule is CCN(C(=O)C1(NC(=O)O)COC1)c1ccc(-c2cc(Cl)cc(F)c2-c2noc(C)n2)cc1F. The van der Waals surface area contributed by atoms with Crippen molar-refractivity contribution in [1.82, 2.24) is 15.5 Å². The second-order valence-electron chi connectivity index (χ2n) is 7.67. The first kappa shape index (κ1) is 23.6. The van der Waals surface area contributed by atoms with Gasteiger partial charge >= 0.3 is 6.09 Å². The summed E-state index contributed by atoms with van der Waals surface area (Å²) in [6.07, 6.45) is -1.39. The molecule has 1 saturated heterocycles. The van der Waals surface area contributed by atoms with Crippen LogP contribution >= 0.6 is 11.6 Å². The second-order valence-corrected chi connectivity index (χ2v) is 8.10. The minimum absolute atomic E-state index is 0.0203. The normalized spacial score (nSPS) is 14.4. The molecule has 0 radical (unpaired) electrons. The summed E-state index contributed by atoms with van der Waals surface area (Å²) >= 11 is 6.05. The molecule has 178 valence electrons. The molecule has 0 spiro atoms. The lowest BCUT2D eigenvalue weighted by Gasteiger charge is -2.42. The number of hydrogen-bond acceptors (Lipinski definition) is 6. The molecule has 3 aromatic rings. The van der Waals surface area contributed by atoms with Gasteiger partial charge in [-0.25, -0.2) is 13.6 Å². The van der Waals surface area contributed by atoms with E-state index in [4.69, 9.17) is 26.0 Å². The van der Waals surface area contributed by atoms with E-state index in [1.54, 1.807) is 13.8 Å². The molecule has 9 nitrogen and oxygen atoms in total. The standard InChI is InChI=1S/C22H19ClF2N4O5/c1-3-29(20(30)22(9-33-10-22)27-21(31)32)17-5-4-12(6-15(17)24)14-7-13(23)8-16(25)18(14)19-26-11(2)34-28-19/h4-8,27H,3,9-10H2,1-2H3,(H,31,32).